The van der Waals surface area contributed by atoms with Crippen LogP contribution >= 0.6 is 0 Å². The van der Waals surface area contributed by atoms with E-state index < -0.39 is 0 Å². The van der Waals surface area contributed by atoms with Gasteiger partial charge in [-0.15, -0.1) is 0 Å². The second-order valence-electron chi connectivity index (χ2n) is 8.68. The fourth-order valence-corrected chi connectivity index (χ4v) is 4.49. The standard InChI is InChI=1S/C28H34N4O/c1-2-29-28(30-17-15-25-13-8-12-24-11-6-7-14-26(24)25)31-20-23-19-27(33)32(21-23)18-16-22-9-4-3-5-10-22/h3-14,23H,2,15-21H2,1H3,(H2,29,30,31). The van der Waals surface area contributed by atoms with E-state index in [2.05, 4.69) is 72.2 Å². The number of carbonyl (C=O) groups excluding carboxylic acids is 1. The van der Waals surface area contributed by atoms with Gasteiger partial charge >= 0.3 is 0 Å². The molecule has 0 aromatic heterocycles. The molecule has 0 spiro atoms. The monoisotopic (exact) mass is 442 g/mol. The van der Waals surface area contributed by atoms with Gasteiger partial charge in [-0.3, -0.25) is 9.79 Å². The van der Waals surface area contributed by atoms with Gasteiger partial charge in [-0.2, -0.15) is 0 Å². The van der Waals surface area contributed by atoms with Gasteiger partial charge in [0.2, 0.25) is 5.91 Å². The molecule has 1 aliphatic heterocycles. The largest absolute Gasteiger partial charge is 0.357 e. The van der Waals surface area contributed by atoms with Crippen molar-refractivity contribution in [2.45, 2.75) is 26.2 Å². The van der Waals surface area contributed by atoms with E-state index in [1.54, 1.807) is 0 Å². The van der Waals surface area contributed by atoms with Gasteiger partial charge in [0.1, 0.15) is 0 Å². The summed E-state index contributed by atoms with van der Waals surface area (Å²) in [6, 6.07) is 25.4. The molecule has 2 N–H and O–H groups in total. The zero-order chi connectivity index (χ0) is 22.9. The lowest BCUT2D eigenvalue weighted by molar-refractivity contribution is -0.127. The van der Waals surface area contributed by atoms with Crippen molar-refractivity contribution in [3.63, 3.8) is 0 Å². The number of nitrogens with one attached hydrogen (secondary N) is 2. The van der Waals surface area contributed by atoms with Crippen LogP contribution in [0.4, 0.5) is 0 Å². The zero-order valence-electron chi connectivity index (χ0n) is 19.5. The van der Waals surface area contributed by atoms with Crippen LogP contribution in [0.25, 0.3) is 10.8 Å². The van der Waals surface area contributed by atoms with Gasteiger partial charge in [0.25, 0.3) is 0 Å². The number of likely N-dealkylation sites (tertiary alicyclic amines) is 1. The van der Waals surface area contributed by atoms with E-state index in [1.165, 1.54) is 21.9 Å². The smallest absolute Gasteiger partial charge is 0.223 e. The molecule has 1 unspecified atom stereocenters. The number of guanidine groups is 1. The molecular weight excluding hydrogens is 408 g/mol. The summed E-state index contributed by atoms with van der Waals surface area (Å²) in [4.78, 5) is 19.2. The lowest BCUT2D eigenvalue weighted by Gasteiger charge is -2.16. The minimum absolute atomic E-state index is 0.250. The Labute approximate surface area is 196 Å². The third kappa shape index (κ3) is 6.35. The van der Waals surface area contributed by atoms with Crippen molar-refractivity contribution in [1.82, 2.24) is 15.5 Å². The molecule has 33 heavy (non-hydrogen) atoms. The maximum atomic E-state index is 12.5. The highest BCUT2D eigenvalue weighted by atomic mass is 16.2. The van der Waals surface area contributed by atoms with E-state index in [0.717, 1.165) is 45.0 Å². The summed E-state index contributed by atoms with van der Waals surface area (Å²) in [5.41, 5.74) is 2.61. The SMILES string of the molecule is CCNC(=NCC1CC(=O)N(CCc2ccccc2)C1)NCCc1cccc2ccccc12. The molecule has 172 valence electrons. The highest BCUT2D eigenvalue weighted by Gasteiger charge is 2.29. The fourth-order valence-electron chi connectivity index (χ4n) is 4.49. The van der Waals surface area contributed by atoms with Crippen LogP contribution < -0.4 is 10.6 Å². The Bertz CT molecular complexity index is 1070. The van der Waals surface area contributed by atoms with Crippen LogP contribution in [0.3, 0.4) is 0 Å². The minimum Gasteiger partial charge on any atom is -0.357 e. The first kappa shape index (κ1) is 22.8. The quantitative estimate of drug-likeness (QED) is 0.389. The lowest BCUT2D eigenvalue weighted by atomic mass is 10.0. The van der Waals surface area contributed by atoms with Crippen molar-refractivity contribution in [1.29, 1.82) is 0 Å². The minimum atomic E-state index is 0.250. The summed E-state index contributed by atoms with van der Waals surface area (Å²) in [6.07, 6.45) is 2.43. The third-order valence-electron chi connectivity index (χ3n) is 6.23. The van der Waals surface area contributed by atoms with E-state index >= 15 is 0 Å². The first-order chi connectivity index (χ1) is 16.2. The van der Waals surface area contributed by atoms with Crippen molar-refractivity contribution >= 4 is 22.6 Å². The van der Waals surface area contributed by atoms with Crippen molar-refractivity contribution in [3.05, 3.63) is 83.9 Å². The van der Waals surface area contributed by atoms with Crippen LogP contribution in [0.1, 0.15) is 24.5 Å². The highest BCUT2D eigenvalue weighted by Crippen LogP contribution is 2.19. The first-order valence-corrected chi connectivity index (χ1v) is 12.0. The van der Waals surface area contributed by atoms with Crippen molar-refractivity contribution in [2.24, 2.45) is 10.9 Å². The molecule has 0 aliphatic carbocycles. The van der Waals surface area contributed by atoms with Crippen molar-refractivity contribution < 1.29 is 4.79 Å². The van der Waals surface area contributed by atoms with Crippen LogP contribution in [-0.4, -0.2) is 49.5 Å². The molecule has 0 bridgehead atoms. The zero-order valence-corrected chi connectivity index (χ0v) is 19.5. The molecule has 5 heteroatoms. The number of hydrogen-bond acceptors (Lipinski definition) is 2. The summed E-state index contributed by atoms with van der Waals surface area (Å²) in [7, 11) is 0. The van der Waals surface area contributed by atoms with Crippen molar-refractivity contribution in [3.8, 4) is 0 Å². The van der Waals surface area contributed by atoms with Crippen LogP contribution in [0, 0.1) is 5.92 Å². The molecule has 1 amide bonds. The molecule has 4 rings (SSSR count). The number of benzene rings is 3. The summed E-state index contributed by atoms with van der Waals surface area (Å²) in [6.45, 7) is 5.94. The number of amides is 1. The average Bonchev–Trinajstić information content (AvgIpc) is 3.21. The van der Waals surface area contributed by atoms with E-state index in [0.29, 0.717) is 13.0 Å². The predicted octanol–water partition coefficient (Wildman–Crippen LogP) is 4.03. The summed E-state index contributed by atoms with van der Waals surface area (Å²) in [5, 5.41) is 9.39. The summed E-state index contributed by atoms with van der Waals surface area (Å²) < 4.78 is 0. The second-order valence-corrected chi connectivity index (χ2v) is 8.68. The van der Waals surface area contributed by atoms with Crippen molar-refractivity contribution in [2.75, 3.05) is 32.7 Å². The second kappa shape index (κ2) is 11.5. The van der Waals surface area contributed by atoms with E-state index in [-0.39, 0.29) is 11.8 Å². The van der Waals surface area contributed by atoms with Crippen LogP contribution in [0.15, 0.2) is 77.8 Å². The maximum absolute atomic E-state index is 12.5. The van der Waals surface area contributed by atoms with Gasteiger partial charge < -0.3 is 15.5 Å². The Morgan fingerprint density at radius 3 is 2.61 bits per heavy atom. The Kier molecular flexibility index (Phi) is 7.96. The molecule has 0 radical (unpaired) electrons. The topological polar surface area (TPSA) is 56.7 Å². The third-order valence-corrected chi connectivity index (χ3v) is 6.23. The predicted molar refractivity (Wildman–Crippen MR) is 136 cm³/mol. The number of carbonyl (C=O) groups is 1. The molecule has 1 fully saturated rings. The molecule has 1 aliphatic rings. The van der Waals surface area contributed by atoms with E-state index in [9.17, 15) is 4.79 Å². The Hall–Kier alpha value is -3.34. The van der Waals surface area contributed by atoms with Crippen LogP contribution in [-0.2, 0) is 17.6 Å². The van der Waals surface area contributed by atoms with Gasteiger partial charge in [0.15, 0.2) is 5.96 Å². The van der Waals surface area contributed by atoms with E-state index in [4.69, 9.17) is 4.99 Å². The molecule has 3 aromatic rings. The molecule has 1 atom stereocenters. The van der Waals surface area contributed by atoms with Gasteiger partial charge in [-0.05, 0) is 41.7 Å². The van der Waals surface area contributed by atoms with Gasteiger partial charge in [0, 0.05) is 45.1 Å². The average molecular weight is 443 g/mol. The Morgan fingerprint density at radius 2 is 1.76 bits per heavy atom. The Morgan fingerprint density at radius 1 is 0.970 bits per heavy atom. The molecule has 1 saturated heterocycles. The number of nitrogens with zero attached hydrogens (tertiary/aromatic N) is 2. The highest BCUT2D eigenvalue weighted by molar-refractivity contribution is 5.86. The summed E-state index contributed by atoms with van der Waals surface area (Å²) >= 11 is 0. The van der Waals surface area contributed by atoms with Gasteiger partial charge in [0.05, 0.1) is 0 Å². The molecular formula is C28H34N4O. The number of rotatable bonds is 9. The normalized spacial score (nSPS) is 16.4. The fraction of sp³-hybridized carbons (Fsp3) is 0.357. The molecule has 3 aromatic carbocycles. The Balaban J connectivity index is 1.27. The van der Waals surface area contributed by atoms with Gasteiger partial charge in [-0.25, -0.2) is 0 Å². The van der Waals surface area contributed by atoms with Gasteiger partial charge in [-0.1, -0.05) is 72.8 Å². The van der Waals surface area contributed by atoms with Crippen LogP contribution in [0.5, 0.6) is 0 Å². The first-order valence-electron chi connectivity index (χ1n) is 12.0. The lowest BCUT2D eigenvalue weighted by Crippen LogP contribution is -2.38. The van der Waals surface area contributed by atoms with Crippen LogP contribution in [0.2, 0.25) is 0 Å². The van der Waals surface area contributed by atoms with E-state index in [1.807, 2.05) is 23.1 Å². The number of fused-ring (bicyclic) bond motifs is 1. The maximum Gasteiger partial charge on any atom is 0.223 e. The molecule has 1 heterocycles. The molecule has 0 saturated carbocycles. The summed E-state index contributed by atoms with van der Waals surface area (Å²) in [5.74, 6) is 1.36. The number of aliphatic imine (C=N–C) groups is 1. The molecule has 5 nitrogen and oxygen atoms in total. The number of hydrogen-bond donors (Lipinski definition) is 2.